The van der Waals surface area contributed by atoms with Gasteiger partial charge in [-0.25, -0.2) is 0 Å². The molecule has 0 saturated carbocycles. The van der Waals surface area contributed by atoms with Crippen LogP contribution in [-0.2, 0) is 24.0 Å². The van der Waals surface area contributed by atoms with Gasteiger partial charge in [-0.15, -0.1) is 0 Å². The summed E-state index contributed by atoms with van der Waals surface area (Å²) in [6.45, 7) is 2.92. The summed E-state index contributed by atoms with van der Waals surface area (Å²) in [6.07, 6.45) is -0.201. The van der Waals surface area contributed by atoms with E-state index < -0.39 is 30.6 Å². The summed E-state index contributed by atoms with van der Waals surface area (Å²) in [5, 5.41) is 33.8. The summed E-state index contributed by atoms with van der Waals surface area (Å²) < 4.78 is 11.7. The normalized spacial score (nSPS) is 28.5. The highest BCUT2D eigenvalue weighted by Gasteiger charge is 2.43. The van der Waals surface area contributed by atoms with Crippen LogP contribution >= 0.6 is 0 Å². The average molecular weight is 428 g/mol. The van der Waals surface area contributed by atoms with Crippen molar-refractivity contribution in [2.75, 3.05) is 13.7 Å². The molecule has 5 atom stereocenters. The molecule has 0 unspecified atom stereocenters. The average Bonchev–Trinajstić information content (AvgIpc) is 3.03. The van der Waals surface area contributed by atoms with Crippen molar-refractivity contribution in [2.45, 2.75) is 69.7 Å². The van der Waals surface area contributed by atoms with E-state index in [4.69, 9.17) is 9.47 Å². The van der Waals surface area contributed by atoms with E-state index in [9.17, 15) is 15.3 Å². The molecule has 31 heavy (non-hydrogen) atoms. The quantitative estimate of drug-likeness (QED) is 0.585. The summed E-state index contributed by atoms with van der Waals surface area (Å²) in [4.78, 5) is 0. The Morgan fingerprint density at radius 1 is 0.968 bits per heavy atom. The van der Waals surface area contributed by atoms with Gasteiger partial charge in [-0.3, -0.25) is 5.32 Å². The van der Waals surface area contributed by atoms with Crippen molar-refractivity contribution in [1.29, 1.82) is 0 Å². The standard InChI is InChI=1S/C25H33NO5/c1-3-16-8-9-18(24-22(28)21(27)23(29)25(26-2)31-24)14-19(16)13-15-7-10-20-17(12-15)6-4-5-11-30-20/h7-10,12,14,21-29H,3-6,11,13H2,1-2H3/t21-,22-,23+,24+,25+/m1/s1. The van der Waals surface area contributed by atoms with Crippen molar-refractivity contribution >= 4 is 0 Å². The van der Waals surface area contributed by atoms with Gasteiger partial charge in [0.25, 0.3) is 0 Å². The fourth-order valence-electron chi connectivity index (χ4n) is 4.62. The Bertz CT molecular complexity index is 899. The minimum Gasteiger partial charge on any atom is -0.493 e. The van der Waals surface area contributed by atoms with E-state index in [1.165, 1.54) is 22.3 Å². The second kappa shape index (κ2) is 9.67. The number of fused-ring (bicyclic) bond motifs is 1. The monoisotopic (exact) mass is 427 g/mol. The van der Waals surface area contributed by atoms with Gasteiger partial charge in [0.2, 0.25) is 0 Å². The number of ether oxygens (including phenoxy) is 2. The predicted octanol–water partition coefficient (Wildman–Crippen LogP) is 2.25. The van der Waals surface area contributed by atoms with Gasteiger partial charge in [-0.2, -0.15) is 0 Å². The first-order chi connectivity index (χ1) is 15.0. The zero-order valence-corrected chi connectivity index (χ0v) is 18.3. The molecule has 2 heterocycles. The highest BCUT2D eigenvalue weighted by atomic mass is 16.5. The van der Waals surface area contributed by atoms with Crippen LogP contribution in [0.15, 0.2) is 36.4 Å². The summed E-state index contributed by atoms with van der Waals surface area (Å²) in [5.41, 5.74) is 5.70. The van der Waals surface area contributed by atoms with Crippen LogP contribution in [0.5, 0.6) is 5.75 Å². The molecule has 168 valence electrons. The first kappa shape index (κ1) is 22.2. The fourth-order valence-corrected chi connectivity index (χ4v) is 4.62. The van der Waals surface area contributed by atoms with Crippen LogP contribution < -0.4 is 10.1 Å². The molecule has 0 radical (unpaired) electrons. The molecule has 0 amide bonds. The number of hydrogen-bond acceptors (Lipinski definition) is 6. The molecule has 4 N–H and O–H groups in total. The number of nitrogens with one attached hydrogen (secondary N) is 1. The zero-order valence-electron chi connectivity index (χ0n) is 18.3. The highest BCUT2D eigenvalue weighted by Crippen LogP contribution is 2.33. The molecule has 0 aliphatic carbocycles. The van der Waals surface area contributed by atoms with Crippen molar-refractivity contribution in [3.05, 3.63) is 64.2 Å². The van der Waals surface area contributed by atoms with Gasteiger partial charge in [-0.1, -0.05) is 37.3 Å². The Labute approximate surface area is 183 Å². The SMILES string of the molecule is CCc1ccc([C@@H]2O[C@H](NC)[C@@H](O)[C@H](O)[C@H]2O)cc1Cc1ccc2c(c1)CCCCO2. The van der Waals surface area contributed by atoms with Crippen molar-refractivity contribution in [1.82, 2.24) is 5.32 Å². The Morgan fingerprint density at radius 3 is 2.58 bits per heavy atom. The van der Waals surface area contributed by atoms with Gasteiger partial charge in [0.15, 0.2) is 0 Å². The first-order valence-electron chi connectivity index (χ1n) is 11.2. The van der Waals surface area contributed by atoms with Gasteiger partial charge in [-0.05, 0) is 73.0 Å². The smallest absolute Gasteiger partial charge is 0.137 e. The minimum absolute atomic E-state index is 0.721. The molecule has 0 spiro atoms. The van der Waals surface area contributed by atoms with E-state index in [1.54, 1.807) is 7.05 Å². The molecule has 1 fully saturated rings. The molecule has 6 nitrogen and oxygen atoms in total. The topological polar surface area (TPSA) is 91.2 Å². The van der Waals surface area contributed by atoms with Gasteiger partial charge >= 0.3 is 0 Å². The molecule has 6 heteroatoms. The first-order valence-corrected chi connectivity index (χ1v) is 11.2. The van der Waals surface area contributed by atoms with Crippen LogP contribution in [0.2, 0.25) is 0 Å². The van der Waals surface area contributed by atoms with Crippen molar-refractivity contribution in [3.63, 3.8) is 0 Å². The minimum atomic E-state index is -1.28. The van der Waals surface area contributed by atoms with E-state index in [-0.39, 0.29) is 0 Å². The maximum Gasteiger partial charge on any atom is 0.137 e. The Hall–Kier alpha value is -1.96. The number of likely N-dealkylation sites (N-methyl/N-ethyl adjacent to an activating group) is 1. The van der Waals surface area contributed by atoms with Crippen LogP contribution in [0, 0.1) is 0 Å². The van der Waals surface area contributed by atoms with Gasteiger partial charge in [0.05, 0.1) is 6.61 Å². The van der Waals surface area contributed by atoms with Crippen LogP contribution in [0.4, 0.5) is 0 Å². The summed E-state index contributed by atoms with van der Waals surface area (Å²) >= 11 is 0. The number of aliphatic hydroxyl groups excluding tert-OH is 3. The Morgan fingerprint density at radius 2 is 1.81 bits per heavy atom. The Kier molecular flexibility index (Phi) is 6.94. The van der Waals surface area contributed by atoms with Crippen LogP contribution in [0.25, 0.3) is 0 Å². The second-order valence-electron chi connectivity index (χ2n) is 8.54. The van der Waals surface area contributed by atoms with Crippen LogP contribution in [-0.4, -0.2) is 53.5 Å². The molecule has 2 aliphatic rings. The van der Waals surface area contributed by atoms with E-state index in [0.29, 0.717) is 0 Å². The summed E-state index contributed by atoms with van der Waals surface area (Å²) in [5.74, 6) is 0.995. The summed E-state index contributed by atoms with van der Waals surface area (Å²) in [6, 6.07) is 12.5. The fraction of sp³-hybridized carbons (Fsp3) is 0.520. The Balaban J connectivity index is 1.62. The molecule has 2 aromatic carbocycles. The number of aryl methyl sites for hydroxylation is 2. The molecule has 4 rings (SSSR count). The van der Waals surface area contributed by atoms with Crippen LogP contribution in [0.3, 0.4) is 0 Å². The lowest BCUT2D eigenvalue weighted by Gasteiger charge is -2.40. The lowest BCUT2D eigenvalue weighted by molar-refractivity contribution is -0.231. The molecule has 1 saturated heterocycles. The third kappa shape index (κ3) is 4.64. The largest absolute Gasteiger partial charge is 0.493 e. The zero-order chi connectivity index (χ0) is 22.0. The molecular formula is C25H33NO5. The van der Waals surface area contributed by atoms with Gasteiger partial charge in [0, 0.05) is 0 Å². The lowest BCUT2D eigenvalue weighted by Crippen LogP contribution is -2.58. The number of rotatable bonds is 5. The predicted molar refractivity (Wildman–Crippen MR) is 118 cm³/mol. The number of aliphatic hydroxyl groups is 3. The van der Waals surface area contributed by atoms with Gasteiger partial charge < -0.3 is 24.8 Å². The highest BCUT2D eigenvalue weighted by molar-refractivity contribution is 5.42. The van der Waals surface area contributed by atoms with E-state index >= 15 is 0 Å². The maximum absolute atomic E-state index is 10.6. The third-order valence-corrected chi connectivity index (χ3v) is 6.46. The van der Waals surface area contributed by atoms with Crippen LogP contribution in [0.1, 0.15) is 53.7 Å². The van der Waals surface area contributed by atoms with E-state index in [1.807, 2.05) is 6.07 Å². The molecule has 0 aromatic heterocycles. The number of benzene rings is 2. The third-order valence-electron chi connectivity index (χ3n) is 6.46. The van der Waals surface area contributed by atoms with Crippen molar-refractivity contribution in [3.8, 4) is 5.75 Å². The molecule has 2 aromatic rings. The van der Waals surface area contributed by atoms with Crippen molar-refractivity contribution in [2.24, 2.45) is 0 Å². The van der Waals surface area contributed by atoms with Crippen molar-refractivity contribution < 1.29 is 24.8 Å². The molecular weight excluding hydrogens is 394 g/mol. The lowest BCUT2D eigenvalue weighted by atomic mass is 9.89. The summed E-state index contributed by atoms with van der Waals surface area (Å²) in [7, 11) is 1.66. The van der Waals surface area contributed by atoms with Gasteiger partial charge in [0.1, 0.15) is 36.4 Å². The second-order valence-corrected chi connectivity index (χ2v) is 8.54. The van der Waals surface area contributed by atoms with E-state index in [0.717, 1.165) is 50.0 Å². The molecule has 2 aliphatic heterocycles. The molecule has 0 bridgehead atoms. The maximum atomic E-state index is 10.6. The van der Waals surface area contributed by atoms with E-state index in [2.05, 4.69) is 42.6 Å². The number of hydrogen-bond donors (Lipinski definition) is 4.